The second-order valence-electron chi connectivity index (χ2n) is 4.31. The highest BCUT2D eigenvalue weighted by Gasteiger charge is 2.34. The molecule has 0 N–H and O–H groups in total. The monoisotopic (exact) mass is 167 g/mol. The zero-order chi connectivity index (χ0) is 8.55. The number of hydrogen-bond donors (Lipinski definition) is 0. The van der Waals surface area contributed by atoms with Crippen molar-refractivity contribution in [2.45, 2.75) is 26.2 Å². The van der Waals surface area contributed by atoms with Crippen LogP contribution in [0.25, 0.3) is 0 Å². The number of ketones is 1. The van der Waals surface area contributed by atoms with Crippen LogP contribution < -0.4 is 0 Å². The molecule has 0 aromatic rings. The van der Waals surface area contributed by atoms with Gasteiger partial charge in [0.15, 0.2) is 0 Å². The zero-order valence-electron chi connectivity index (χ0n) is 7.75. The number of carbonyl (C=O) groups is 1. The third kappa shape index (κ3) is 1.86. The Kier molecular flexibility index (Phi) is 2.18. The molecule has 2 unspecified atom stereocenters. The molecule has 2 nitrogen and oxygen atoms in total. The van der Waals surface area contributed by atoms with Gasteiger partial charge in [-0.2, -0.15) is 0 Å². The molecule has 1 aliphatic carbocycles. The van der Waals surface area contributed by atoms with E-state index in [1.807, 2.05) is 0 Å². The Bertz CT molecular complexity index is 180. The third-order valence-electron chi connectivity index (χ3n) is 3.18. The van der Waals surface area contributed by atoms with E-state index < -0.39 is 0 Å². The van der Waals surface area contributed by atoms with Crippen molar-refractivity contribution in [2.75, 3.05) is 19.6 Å². The molecule has 0 bridgehead atoms. The average molecular weight is 167 g/mol. The molecule has 12 heavy (non-hydrogen) atoms. The van der Waals surface area contributed by atoms with Gasteiger partial charge in [-0.1, -0.05) is 6.92 Å². The van der Waals surface area contributed by atoms with E-state index in [2.05, 4.69) is 11.8 Å². The van der Waals surface area contributed by atoms with Gasteiger partial charge in [0.05, 0.1) is 0 Å². The van der Waals surface area contributed by atoms with Crippen LogP contribution in [-0.4, -0.2) is 30.3 Å². The van der Waals surface area contributed by atoms with Crippen LogP contribution in [0.15, 0.2) is 0 Å². The number of carbonyl (C=O) groups excluding carboxylic acids is 1. The van der Waals surface area contributed by atoms with Gasteiger partial charge in [-0.3, -0.25) is 4.79 Å². The Hall–Kier alpha value is -0.370. The minimum absolute atomic E-state index is 0.454. The summed E-state index contributed by atoms with van der Waals surface area (Å²) in [5.74, 6) is 2.34. The Morgan fingerprint density at radius 3 is 2.50 bits per heavy atom. The van der Waals surface area contributed by atoms with E-state index in [0.29, 0.717) is 5.78 Å². The Balaban J connectivity index is 1.71. The van der Waals surface area contributed by atoms with Crippen molar-refractivity contribution >= 4 is 5.78 Å². The van der Waals surface area contributed by atoms with Gasteiger partial charge in [-0.05, 0) is 18.3 Å². The Labute approximate surface area is 73.9 Å². The lowest BCUT2D eigenvalue weighted by molar-refractivity contribution is -0.121. The molecule has 1 saturated heterocycles. The summed E-state index contributed by atoms with van der Waals surface area (Å²) in [7, 11) is 0. The highest BCUT2D eigenvalue weighted by atomic mass is 16.1. The van der Waals surface area contributed by atoms with Gasteiger partial charge in [-0.15, -0.1) is 0 Å². The second kappa shape index (κ2) is 3.17. The van der Waals surface area contributed by atoms with Crippen molar-refractivity contribution in [3.63, 3.8) is 0 Å². The SMILES string of the molecule is CC1CC1CN1CCC(=O)CC1. The van der Waals surface area contributed by atoms with Crippen LogP contribution in [-0.2, 0) is 4.79 Å². The molecule has 0 radical (unpaired) electrons. The summed E-state index contributed by atoms with van der Waals surface area (Å²) in [6.45, 7) is 5.60. The predicted octanol–water partition coefficient (Wildman–Crippen LogP) is 1.31. The van der Waals surface area contributed by atoms with Crippen LogP contribution in [0.4, 0.5) is 0 Å². The van der Waals surface area contributed by atoms with E-state index in [4.69, 9.17) is 0 Å². The molecule has 0 spiro atoms. The molecule has 0 amide bonds. The number of hydrogen-bond acceptors (Lipinski definition) is 2. The van der Waals surface area contributed by atoms with Crippen molar-refractivity contribution < 1.29 is 4.79 Å². The van der Waals surface area contributed by atoms with Gasteiger partial charge in [0.1, 0.15) is 5.78 Å². The summed E-state index contributed by atoms with van der Waals surface area (Å²) >= 11 is 0. The van der Waals surface area contributed by atoms with E-state index in [0.717, 1.165) is 37.8 Å². The van der Waals surface area contributed by atoms with E-state index in [-0.39, 0.29) is 0 Å². The van der Waals surface area contributed by atoms with Gasteiger partial charge in [-0.25, -0.2) is 0 Å². The molecular weight excluding hydrogens is 150 g/mol. The van der Waals surface area contributed by atoms with E-state index in [1.54, 1.807) is 0 Å². The van der Waals surface area contributed by atoms with E-state index >= 15 is 0 Å². The van der Waals surface area contributed by atoms with E-state index in [9.17, 15) is 4.79 Å². The van der Waals surface area contributed by atoms with Crippen molar-refractivity contribution in [1.29, 1.82) is 0 Å². The number of rotatable bonds is 2. The maximum absolute atomic E-state index is 10.9. The van der Waals surface area contributed by atoms with Gasteiger partial charge >= 0.3 is 0 Å². The highest BCUT2D eigenvalue weighted by Crippen LogP contribution is 2.38. The molecule has 2 fully saturated rings. The largest absolute Gasteiger partial charge is 0.302 e. The van der Waals surface area contributed by atoms with Gasteiger partial charge in [0.2, 0.25) is 0 Å². The quantitative estimate of drug-likeness (QED) is 0.618. The second-order valence-corrected chi connectivity index (χ2v) is 4.31. The number of likely N-dealkylation sites (tertiary alicyclic amines) is 1. The molecule has 2 heteroatoms. The number of nitrogens with zero attached hydrogens (tertiary/aromatic N) is 1. The van der Waals surface area contributed by atoms with Crippen LogP contribution >= 0.6 is 0 Å². The lowest BCUT2D eigenvalue weighted by atomic mass is 10.1. The first-order valence-corrected chi connectivity index (χ1v) is 5.00. The zero-order valence-corrected chi connectivity index (χ0v) is 7.75. The minimum atomic E-state index is 0.454. The van der Waals surface area contributed by atoms with Gasteiger partial charge < -0.3 is 4.90 Å². The average Bonchev–Trinajstić information content (AvgIpc) is 2.72. The predicted molar refractivity (Wildman–Crippen MR) is 48.0 cm³/mol. The van der Waals surface area contributed by atoms with Crippen molar-refractivity contribution in [2.24, 2.45) is 11.8 Å². The first kappa shape index (κ1) is 8.24. The van der Waals surface area contributed by atoms with Gasteiger partial charge in [0.25, 0.3) is 0 Å². The van der Waals surface area contributed by atoms with Crippen molar-refractivity contribution in [3.05, 3.63) is 0 Å². The van der Waals surface area contributed by atoms with Crippen LogP contribution in [0.2, 0.25) is 0 Å². The maximum atomic E-state index is 10.9. The van der Waals surface area contributed by atoms with Gasteiger partial charge in [0, 0.05) is 32.5 Å². The summed E-state index contributed by atoms with van der Waals surface area (Å²) < 4.78 is 0. The molecular formula is C10H17NO. The van der Waals surface area contributed by atoms with Crippen LogP contribution in [0.1, 0.15) is 26.2 Å². The van der Waals surface area contributed by atoms with Crippen LogP contribution in [0, 0.1) is 11.8 Å². The Morgan fingerprint density at radius 1 is 1.42 bits per heavy atom. The lowest BCUT2D eigenvalue weighted by Gasteiger charge is -2.25. The third-order valence-corrected chi connectivity index (χ3v) is 3.18. The molecule has 2 atom stereocenters. The maximum Gasteiger partial charge on any atom is 0.135 e. The topological polar surface area (TPSA) is 20.3 Å². The summed E-state index contributed by atoms with van der Waals surface area (Å²) in [5, 5.41) is 0. The molecule has 1 heterocycles. The van der Waals surface area contributed by atoms with Crippen LogP contribution in [0.3, 0.4) is 0 Å². The molecule has 2 rings (SSSR count). The minimum Gasteiger partial charge on any atom is -0.302 e. The molecule has 1 aliphatic heterocycles. The standard InChI is InChI=1S/C10H17NO/c1-8-6-9(8)7-11-4-2-10(12)3-5-11/h8-9H,2-7H2,1H3. The van der Waals surface area contributed by atoms with E-state index in [1.165, 1.54) is 13.0 Å². The Morgan fingerprint density at radius 2 is 2.00 bits per heavy atom. The molecule has 1 saturated carbocycles. The summed E-state index contributed by atoms with van der Waals surface area (Å²) in [4.78, 5) is 13.4. The summed E-state index contributed by atoms with van der Waals surface area (Å²) in [6.07, 6.45) is 2.99. The fraction of sp³-hybridized carbons (Fsp3) is 0.900. The van der Waals surface area contributed by atoms with Crippen LogP contribution in [0.5, 0.6) is 0 Å². The van der Waals surface area contributed by atoms with Crippen molar-refractivity contribution in [1.82, 2.24) is 4.90 Å². The first-order chi connectivity index (χ1) is 5.75. The normalized spacial score (nSPS) is 36.9. The molecule has 2 aliphatic rings. The number of Topliss-reactive ketones (excluding diaryl/α,β-unsaturated/α-hetero) is 1. The summed E-state index contributed by atoms with van der Waals surface area (Å²) in [6, 6.07) is 0. The fourth-order valence-electron chi connectivity index (χ4n) is 1.97. The lowest BCUT2D eigenvalue weighted by Crippen LogP contribution is -2.35. The molecule has 68 valence electrons. The van der Waals surface area contributed by atoms with Crippen molar-refractivity contribution in [3.8, 4) is 0 Å². The smallest absolute Gasteiger partial charge is 0.135 e. The fourth-order valence-corrected chi connectivity index (χ4v) is 1.97. The number of piperidine rings is 1. The molecule has 0 aromatic carbocycles. The summed E-state index contributed by atoms with van der Waals surface area (Å²) in [5.41, 5.74) is 0. The molecule has 0 aromatic heterocycles. The highest BCUT2D eigenvalue weighted by molar-refractivity contribution is 5.79. The first-order valence-electron chi connectivity index (χ1n) is 5.00.